The fourth-order valence-corrected chi connectivity index (χ4v) is 2.90. The largest absolute Gasteiger partial charge is 0.490 e. The summed E-state index contributed by atoms with van der Waals surface area (Å²) in [6, 6.07) is 7.66. The molecule has 0 bridgehead atoms. The zero-order valence-electron chi connectivity index (χ0n) is 11.3. The van der Waals surface area contributed by atoms with Crippen molar-refractivity contribution in [1.29, 1.82) is 0 Å². The van der Waals surface area contributed by atoms with Gasteiger partial charge in [0.05, 0.1) is 18.6 Å². The molecule has 106 valence electrons. The second-order valence-electron chi connectivity index (χ2n) is 4.53. The second-order valence-corrected chi connectivity index (χ2v) is 5.61. The fraction of sp³-hybridized carbons (Fsp3) is 0.357. The zero-order chi connectivity index (χ0) is 14.1. The molecule has 1 aromatic carbocycles. The number of thiophene rings is 1. The molecule has 1 aliphatic rings. The molecular weight excluding hydrogens is 278 g/mol. The van der Waals surface area contributed by atoms with Gasteiger partial charge in [-0.3, -0.25) is 9.63 Å². The Balaban J connectivity index is 1.89. The average molecular weight is 293 g/mol. The summed E-state index contributed by atoms with van der Waals surface area (Å²) >= 11 is 1.43. The van der Waals surface area contributed by atoms with Crippen LogP contribution in [0.15, 0.2) is 24.3 Å². The first-order chi connectivity index (χ1) is 9.69. The SMILES string of the molecule is CON(C)C(=O)c1cc2c(OC[C@@H]3CO3)cccc2s1. The Morgan fingerprint density at radius 3 is 3.05 bits per heavy atom. The Hall–Kier alpha value is -1.63. The highest BCUT2D eigenvalue weighted by molar-refractivity contribution is 7.20. The van der Waals surface area contributed by atoms with Gasteiger partial charge in [-0.1, -0.05) is 6.07 Å². The molecule has 0 aliphatic carbocycles. The van der Waals surface area contributed by atoms with Gasteiger partial charge in [0.15, 0.2) is 0 Å². The van der Waals surface area contributed by atoms with Gasteiger partial charge in [-0.2, -0.15) is 0 Å². The third-order valence-electron chi connectivity index (χ3n) is 3.12. The highest BCUT2D eigenvalue weighted by Crippen LogP contribution is 2.33. The predicted molar refractivity (Wildman–Crippen MR) is 76.2 cm³/mol. The van der Waals surface area contributed by atoms with E-state index in [1.54, 1.807) is 7.05 Å². The molecule has 3 rings (SSSR count). The van der Waals surface area contributed by atoms with E-state index in [0.29, 0.717) is 11.5 Å². The Labute approximate surface area is 120 Å². The van der Waals surface area contributed by atoms with Crippen LogP contribution in [0.25, 0.3) is 10.1 Å². The van der Waals surface area contributed by atoms with Gasteiger partial charge in [0, 0.05) is 17.1 Å². The lowest BCUT2D eigenvalue weighted by molar-refractivity contribution is -0.0753. The molecule has 0 spiro atoms. The first-order valence-corrected chi connectivity index (χ1v) is 7.10. The number of nitrogens with zero attached hydrogens (tertiary/aromatic N) is 1. The summed E-state index contributed by atoms with van der Waals surface area (Å²) in [6.45, 7) is 1.32. The monoisotopic (exact) mass is 293 g/mol. The molecule has 1 amide bonds. The molecular formula is C14H15NO4S. The average Bonchev–Trinajstić information content (AvgIpc) is 3.19. The van der Waals surface area contributed by atoms with E-state index in [2.05, 4.69) is 0 Å². The summed E-state index contributed by atoms with van der Waals surface area (Å²) in [6.07, 6.45) is 0.213. The van der Waals surface area contributed by atoms with Crippen molar-refractivity contribution in [2.45, 2.75) is 6.10 Å². The molecule has 1 fully saturated rings. The Bertz CT molecular complexity index is 635. The van der Waals surface area contributed by atoms with Crippen molar-refractivity contribution in [3.63, 3.8) is 0 Å². The molecule has 1 atom stereocenters. The molecule has 1 aliphatic heterocycles. The molecule has 2 aromatic rings. The van der Waals surface area contributed by atoms with Gasteiger partial charge in [-0.15, -0.1) is 11.3 Å². The molecule has 0 radical (unpaired) electrons. The fourth-order valence-electron chi connectivity index (χ4n) is 1.85. The van der Waals surface area contributed by atoms with Crippen LogP contribution in [0.4, 0.5) is 0 Å². The number of hydrogen-bond acceptors (Lipinski definition) is 5. The number of benzene rings is 1. The Morgan fingerprint density at radius 2 is 2.35 bits per heavy atom. The minimum atomic E-state index is -0.162. The number of fused-ring (bicyclic) bond motifs is 1. The van der Waals surface area contributed by atoms with E-state index >= 15 is 0 Å². The summed E-state index contributed by atoms with van der Waals surface area (Å²) in [7, 11) is 3.06. The topological polar surface area (TPSA) is 51.3 Å². The summed E-state index contributed by atoms with van der Waals surface area (Å²) in [4.78, 5) is 17.6. The van der Waals surface area contributed by atoms with E-state index < -0.39 is 0 Å². The van der Waals surface area contributed by atoms with Crippen LogP contribution >= 0.6 is 11.3 Å². The number of carbonyl (C=O) groups is 1. The zero-order valence-corrected chi connectivity index (χ0v) is 12.1. The lowest BCUT2D eigenvalue weighted by Crippen LogP contribution is -2.24. The number of hydrogen-bond donors (Lipinski definition) is 0. The minimum absolute atomic E-state index is 0.162. The maximum atomic E-state index is 12.1. The number of amides is 1. The Morgan fingerprint density at radius 1 is 1.55 bits per heavy atom. The van der Waals surface area contributed by atoms with Crippen molar-refractivity contribution in [1.82, 2.24) is 5.06 Å². The molecule has 20 heavy (non-hydrogen) atoms. The Kier molecular flexibility index (Phi) is 3.60. The van der Waals surface area contributed by atoms with Gasteiger partial charge in [0.25, 0.3) is 5.91 Å². The van der Waals surface area contributed by atoms with Crippen LogP contribution in [0, 0.1) is 0 Å². The van der Waals surface area contributed by atoms with Gasteiger partial charge in [0.1, 0.15) is 18.5 Å². The lowest BCUT2D eigenvalue weighted by Gasteiger charge is -2.11. The molecule has 2 heterocycles. The van der Waals surface area contributed by atoms with Gasteiger partial charge in [-0.05, 0) is 18.2 Å². The number of epoxide rings is 1. The highest BCUT2D eigenvalue weighted by atomic mass is 32.1. The predicted octanol–water partition coefficient (Wildman–Crippen LogP) is 2.31. The van der Waals surface area contributed by atoms with E-state index in [1.165, 1.54) is 23.5 Å². The van der Waals surface area contributed by atoms with Gasteiger partial charge in [-0.25, -0.2) is 5.06 Å². The lowest BCUT2D eigenvalue weighted by atomic mass is 10.2. The van der Waals surface area contributed by atoms with Crippen LogP contribution < -0.4 is 4.74 Å². The minimum Gasteiger partial charge on any atom is -0.490 e. The molecule has 6 heteroatoms. The van der Waals surface area contributed by atoms with E-state index in [4.69, 9.17) is 14.3 Å². The standard InChI is InChI=1S/C14H15NO4S/c1-15(17-2)14(16)13-6-10-11(19-8-9-7-18-9)4-3-5-12(10)20-13/h3-6,9H,7-8H2,1-2H3/t9-/m0/s1. The summed E-state index contributed by atoms with van der Waals surface area (Å²) in [5.74, 6) is 0.624. The molecule has 0 N–H and O–H groups in total. The van der Waals surface area contributed by atoms with Gasteiger partial charge in [0.2, 0.25) is 0 Å². The van der Waals surface area contributed by atoms with E-state index in [9.17, 15) is 4.79 Å². The maximum absolute atomic E-state index is 12.1. The van der Waals surface area contributed by atoms with E-state index in [1.807, 2.05) is 24.3 Å². The third-order valence-corrected chi connectivity index (χ3v) is 4.21. The van der Waals surface area contributed by atoms with Crippen molar-refractivity contribution in [3.8, 4) is 5.75 Å². The quantitative estimate of drug-likeness (QED) is 0.627. The van der Waals surface area contributed by atoms with Crippen LogP contribution in [0.5, 0.6) is 5.75 Å². The van der Waals surface area contributed by atoms with Crippen LogP contribution in [-0.4, -0.2) is 44.4 Å². The number of carbonyl (C=O) groups excluding carboxylic acids is 1. The molecule has 1 aromatic heterocycles. The van der Waals surface area contributed by atoms with Crippen LogP contribution in [0.3, 0.4) is 0 Å². The van der Waals surface area contributed by atoms with Crippen molar-refractivity contribution >= 4 is 27.3 Å². The normalized spacial score (nSPS) is 17.2. The highest BCUT2D eigenvalue weighted by Gasteiger charge is 2.24. The summed E-state index contributed by atoms with van der Waals surface area (Å²) in [5.41, 5.74) is 0. The van der Waals surface area contributed by atoms with Gasteiger partial charge < -0.3 is 9.47 Å². The van der Waals surface area contributed by atoms with Crippen molar-refractivity contribution in [2.24, 2.45) is 0 Å². The molecule has 0 unspecified atom stereocenters. The summed E-state index contributed by atoms with van der Waals surface area (Å²) in [5, 5.41) is 2.16. The molecule has 5 nitrogen and oxygen atoms in total. The van der Waals surface area contributed by atoms with Crippen molar-refractivity contribution in [2.75, 3.05) is 27.4 Å². The van der Waals surface area contributed by atoms with Crippen LogP contribution in [0.2, 0.25) is 0 Å². The smallest absolute Gasteiger partial charge is 0.287 e. The van der Waals surface area contributed by atoms with Gasteiger partial charge >= 0.3 is 0 Å². The number of hydroxylamine groups is 2. The first kappa shape index (κ1) is 13.4. The maximum Gasteiger partial charge on any atom is 0.287 e. The summed E-state index contributed by atoms with van der Waals surface area (Å²) < 4.78 is 11.9. The molecule has 0 saturated carbocycles. The number of ether oxygens (including phenoxy) is 2. The van der Waals surface area contributed by atoms with Crippen LogP contribution in [-0.2, 0) is 9.57 Å². The third kappa shape index (κ3) is 2.63. The molecule has 1 saturated heterocycles. The van der Waals surface area contributed by atoms with E-state index in [0.717, 1.165) is 22.4 Å². The van der Waals surface area contributed by atoms with Crippen molar-refractivity contribution in [3.05, 3.63) is 29.1 Å². The van der Waals surface area contributed by atoms with Crippen LogP contribution in [0.1, 0.15) is 9.67 Å². The van der Waals surface area contributed by atoms with E-state index in [-0.39, 0.29) is 12.0 Å². The second kappa shape index (κ2) is 5.40. The number of rotatable bonds is 5. The van der Waals surface area contributed by atoms with Crippen molar-refractivity contribution < 1.29 is 19.1 Å². The first-order valence-electron chi connectivity index (χ1n) is 6.28.